The third-order valence-corrected chi connectivity index (χ3v) is 51.9. The molecule has 828 valence electrons. The van der Waals surface area contributed by atoms with Gasteiger partial charge in [-0.25, -0.2) is 0 Å². The van der Waals surface area contributed by atoms with Crippen LogP contribution in [0.4, 0.5) is 0 Å². The van der Waals surface area contributed by atoms with Crippen molar-refractivity contribution < 1.29 is 110 Å². The van der Waals surface area contributed by atoms with Gasteiger partial charge in [-0.1, -0.05) is 104 Å². The highest BCUT2D eigenvalue weighted by molar-refractivity contribution is 5.81. The second-order valence-electron chi connectivity index (χ2n) is 57.5. The van der Waals surface area contributed by atoms with E-state index in [1.165, 1.54) is 89.9 Å². The van der Waals surface area contributed by atoms with Crippen LogP contribution in [0, 0.1) is 232 Å². The maximum Gasteiger partial charge on any atom is 0.322 e. The summed E-state index contributed by atoms with van der Waals surface area (Å²) in [5, 5.41) is 167. The Bertz CT molecular complexity index is 4430. The lowest BCUT2D eigenvalue weighted by Crippen LogP contribution is -2.62. The van der Waals surface area contributed by atoms with Crippen molar-refractivity contribution in [2.24, 2.45) is 232 Å². The number of hydrogen-bond acceptors (Lipinski definition) is 17. The number of carboxylic acids is 5. The first-order valence-electron chi connectivity index (χ1n) is 60.0. The molecular weight excluding hydrogens is 1830 g/mol. The zero-order valence-corrected chi connectivity index (χ0v) is 92.1. The van der Waals surface area contributed by atoms with Crippen LogP contribution in [0.3, 0.4) is 0 Å². The largest absolute Gasteiger partial charge is 0.481 e. The van der Waals surface area contributed by atoms with Crippen molar-refractivity contribution in [3.05, 3.63) is 0 Å². The number of nitrogens with one attached hydrogen (secondary N) is 1. The van der Waals surface area contributed by atoms with Crippen LogP contribution in [0.15, 0.2) is 0 Å². The maximum atomic E-state index is 12.0. The molecule has 0 spiro atoms. The molecule has 20 aliphatic carbocycles. The van der Waals surface area contributed by atoms with Crippen LogP contribution in [-0.2, 0) is 28.8 Å². The summed E-state index contributed by atoms with van der Waals surface area (Å²) in [7, 11) is 0. The molecule has 0 aromatic carbocycles. The number of fused-ring (bicyclic) bond motifs is 25. The number of hydrogen-bond donors (Lipinski definition) is 17. The number of aliphatic carboxylic acids is 5. The minimum Gasteiger partial charge on any atom is -0.481 e. The number of amides is 1. The van der Waals surface area contributed by atoms with Crippen molar-refractivity contribution >= 4 is 35.8 Å². The average Bonchev–Trinajstić information content (AvgIpc) is 1.66. The van der Waals surface area contributed by atoms with Crippen molar-refractivity contribution in [3.63, 3.8) is 0 Å². The van der Waals surface area contributed by atoms with Crippen molar-refractivity contribution in [2.75, 3.05) is 6.54 Å². The number of carbonyl (C=O) groups is 6. The van der Waals surface area contributed by atoms with Gasteiger partial charge in [-0.05, 0) is 514 Å². The Hall–Kier alpha value is -3.62. The summed E-state index contributed by atoms with van der Waals surface area (Å²) in [5.41, 5.74) is 1.26. The Balaban J connectivity index is 0.000000130. The fraction of sp³-hybridized carbons (Fsp3) is 0.951. The average molecular weight is 2040 g/mol. The molecule has 20 aliphatic rings. The Morgan fingerprint density at radius 2 is 0.497 bits per heavy atom. The normalized spacial score (nSPS) is 50.8. The molecule has 51 atom stereocenters. The third-order valence-electron chi connectivity index (χ3n) is 51.9. The third kappa shape index (κ3) is 21.0. The molecule has 0 aromatic rings. The highest BCUT2D eigenvalue weighted by Crippen LogP contribution is 2.76. The van der Waals surface area contributed by atoms with Gasteiger partial charge >= 0.3 is 29.8 Å². The van der Waals surface area contributed by atoms with Gasteiger partial charge in [0.05, 0.1) is 67.1 Å². The smallest absolute Gasteiger partial charge is 0.322 e. The van der Waals surface area contributed by atoms with Crippen LogP contribution >= 0.6 is 0 Å². The number of aliphatic hydroxyl groups excluding tert-OH is 11. The molecule has 145 heavy (non-hydrogen) atoms. The highest BCUT2D eigenvalue weighted by atomic mass is 16.4. The van der Waals surface area contributed by atoms with E-state index in [9.17, 15) is 84.9 Å². The van der Waals surface area contributed by atoms with E-state index in [0.717, 1.165) is 197 Å². The van der Waals surface area contributed by atoms with E-state index in [1.807, 2.05) is 0 Å². The number of aliphatic hydroxyl groups is 11. The minimum atomic E-state index is -1.04. The van der Waals surface area contributed by atoms with E-state index < -0.39 is 42.1 Å². The number of carboxylic acid groups (broad SMARTS) is 5. The molecular formula is C122H203NO22. The number of carbonyl (C=O) groups excluding carboxylic acids is 1. The number of rotatable bonds is 22. The molecule has 1 amide bonds. The van der Waals surface area contributed by atoms with Gasteiger partial charge in [0.15, 0.2) is 0 Å². The molecule has 20 fully saturated rings. The van der Waals surface area contributed by atoms with Crippen molar-refractivity contribution in [3.8, 4) is 0 Å². The summed E-state index contributed by atoms with van der Waals surface area (Å²) in [4.78, 5) is 66.9. The van der Waals surface area contributed by atoms with Gasteiger partial charge in [-0.3, -0.25) is 28.8 Å². The second-order valence-corrected chi connectivity index (χ2v) is 57.5. The van der Waals surface area contributed by atoms with E-state index in [2.05, 4.69) is 109 Å². The predicted molar refractivity (Wildman–Crippen MR) is 558 cm³/mol. The van der Waals surface area contributed by atoms with Crippen LogP contribution < -0.4 is 5.32 Å². The summed E-state index contributed by atoms with van der Waals surface area (Å²) in [6.07, 6.45) is 42.8. The Morgan fingerprint density at radius 3 is 0.869 bits per heavy atom. The van der Waals surface area contributed by atoms with E-state index in [1.54, 1.807) is 0 Å². The molecule has 0 heterocycles. The van der Waals surface area contributed by atoms with Crippen LogP contribution in [0.5, 0.6) is 0 Å². The predicted octanol–water partition coefficient (Wildman–Crippen LogP) is 20.5. The molecule has 23 heteroatoms. The zero-order chi connectivity index (χ0) is 105. The summed E-state index contributed by atoms with van der Waals surface area (Å²) < 4.78 is 0. The van der Waals surface area contributed by atoms with E-state index in [4.69, 9.17) is 25.5 Å². The zero-order valence-electron chi connectivity index (χ0n) is 92.1. The molecule has 0 saturated heterocycles. The van der Waals surface area contributed by atoms with Gasteiger partial charge in [0.25, 0.3) is 0 Å². The van der Waals surface area contributed by atoms with Crippen LogP contribution in [0.1, 0.15) is 418 Å². The SMILES string of the molecule is C[C@H](CCC(=O)NCC(=O)O)C1CCC2C3C(C[C@H](O)[C@@]21C)[C@@]1(C)CC[C@@H](O)C[C@H]1C[C@H]3O.C[C@H](CCC(=O)O)C1CCC2C3C(CC[C@@]21C)[C@@]1(C)CC[C@@H](O)C[C@H]1C[C@H]3O.C[C@H](CCC(=O)O)C1CCC2C3C(C[C@H](O)[C@@]21C)[C@@]1(C)CC[C@@H](O)C[C@H]1C[C@H]3O.C[C@H](CCC(=O)O)C1CCC2C3CC[C@@H]4C[C@H](O)CC[C@]4(C)C3CC[C@@]21C.C[C@H](CCC(=O)O)C1CCC2C3CC[C@@H]4C[C@H](O)CC[C@]4(C)C3C[C@H](O)[C@@]21C. The molecule has 0 bridgehead atoms. The quantitative estimate of drug-likeness (QED) is 0.0479. The fourth-order valence-electron chi connectivity index (χ4n) is 43.8. The van der Waals surface area contributed by atoms with Gasteiger partial charge < -0.3 is 87.0 Å². The Kier molecular flexibility index (Phi) is 34.7. The van der Waals surface area contributed by atoms with Gasteiger partial charge in [-0.2, -0.15) is 0 Å². The standard InChI is InChI=1S/C26H43NO6.C24H40O5.2C24H40O4.C24H40O3/c1-14(4-7-22(31)27-13-23(32)33)17-5-6-18-24-19(12-21(30)26(17,18)3)25(2)9-8-16(28)10-15(25)11-20(24)29;1-13(4-7-21(28)29)16-5-6-17-22-18(12-20(27)24(16,17)3)23(2)9-8-15(25)10-14(23)11-19(22)26;1-14(4-9-22(27)28)18-7-8-19-17-6-5-15-12-16(25)10-11-23(15,2)20(17)13-21(26)24(18,19)3;1-14(4-7-21(27)28)17-5-6-18-22-19(9-11-24(17,18)3)23(2)10-8-16(25)12-15(23)13-20(22)26;1-15(4-9-22(26)27)19-7-8-20-18-6-5-16-14-17(25)10-12-23(16,2)21(18)11-13-24(19,20)3/h14-21,24,28-30H,4-13H2,1-3H3,(H,27,31)(H,32,33);13-20,22,25-27H,4-12H2,1-3H3,(H,28,29);14-21,25-26H,4-13H2,1-3H3,(H,27,28);14-20,22,25-26H,4-13H2,1-3H3,(H,27,28);15-21,25H,4-14H2,1-3H3,(H,26,27)/t14-,15+,16-,17?,18?,19?,20-,21+,24?,25+,26-;13-,14+,15-,16?,17?,18?,19-,20+,22?,23+,24-;14-,15-,16-,17?,18?,19?,20?,21+,23+,24-;14-,15+,16-,17?,18?,19?,20-,22?,23+,24-;15-,16-,17-,18?,19?,20?,21?,23+,24-/m11111/s1. The van der Waals surface area contributed by atoms with Crippen molar-refractivity contribution in [1.82, 2.24) is 5.32 Å². The second kappa shape index (κ2) is 44.2. The van der Waals surface area contributed by atoms with Crippen LogP contribution in [-0.4, -0.2) is 191 Å². The van der Waals surface area contributed by atoms with Gasteiger partial charge in [0, 0.05) is 32.1 Å². The molecule has 20 saturated carbocycles. The fourth-order valence-corrected chi connectivity index (χ4v) is 43.8. The molecule has 0 aromatic heterocycles. The van der Waals surface area contributed by atoms with E-state index >= 15 is 0 Å². The summed E-state index contributed by atoms with van der Waals surface area (Å²) >= 11 is 0. The van der Waals surface area contributed by atoms with E-state index in [0.29, 0.717) is 155 Å². The first-order chi connectivity index (χ1) is 68.2. The molecule has 20 rings (SSSR count). The van der Waals surface area contributed by atoms with Crippen LogP contribution in [0.25, 0.3) is 0 Å². The molecule has 17 N–H and O–H groups in total. The lowest BCUT2D eigenvalue weighted by Gasteiger charge is -2.63. The summed E-state index contributed by atoms with van der Waals surface area (Å²) in [6, 6.07) is 0. The van der Waals surface area contributed by atoms with Crippen LogP contribution in [0.2, 0.25) is 0 Å². The van der Waals surface area contributed by atoms with E-state index in [-0.39, 0.29) is 171 Å². The minimum absolute atomic E-state index is 0.0561. The van der Waals surface area contributed by atoms with Gasteiger partial charge in [-0.15, -0.1) is 0 Å². The van der Waals surface area contributed by atoms with Crippen molar-refractivity contribution in [1.29, 1.82) is 0 Å². The lowest BCUT2D eigenvalue weighted by molar-refractivity contribution is -0.207. The Labute approximate surface area is 870 Å². The van der Waals surface area contributed by atoms with Gasteiger partial charge in [0.1, 0.15) is 6.54 Å². The van der Waals surface area contributed by atoms with Crippen molar-refractivity contribution in [2.45, 2.75) is 486 Å². The summed E-state index contributed by atoms with van der Waals surface area (Å²) in [5.74, 6) is 10.1. The lowest BCUT2D eigenvalue weighted by atomic mass is 9.43. The first kappa shape index (κ1) is 114. The Morgan fingerprint density at radius 1 is 0.241 bits per heavy atom. The molecule has 0 radical (unpaired) electrons. The maximum absolute atomic E-state index is 12.0. The topological polar surface area (TPSA) is 438 Å². The molecule has 0 aliphatic heterocycles. The van der Waals surface area contributed by atoms with Gasteiger partial charge in [0.2, 0.25) is 5.91 Å². The highest BCUT2D eigenvalue weighted by Gasteiger charge is 2.72. The molecule has 20 unspecified atom stereocenters. The monoisotopic (exact) mass is 2030 g/mol. The first-order valence-corrected chi connectivity index (χ1v) is 60.0. The summed E-state index contributed by atoms with van der Waals surface area (Å²) in [6.45, 7) is 34.7. The molecule has 23 nitrogen and oxygen atoms in total.